The second-order valence-corrected chi connectivity index (χ2v) is 16.0. The summed E-state index contributed by atoms with van der Waals surface area (Å²) in [5.41, 5.74) is 4.29. The molecular weight excluding hydrogens is 819 g/mol. The number of unbranched alkanes of at least 4 members (excludes halogenated alkanes) is 2. The number of pyridine rings is 1. The van der Waals surface area contributed by atoms with Crippen molar-refractivity contribution >= 4 is 18.3 Å². The SMILES string of the molecule is CC(C)(C)ON(C=O)CCCOCCOCCOCCCNC(=O)CCCOc1cccc(OCCCCCOc2cc(-c3ccccc3)cc(-c3ccccc3)n2)c1CCC(=O)O. The van der Waals surface area contributed by atoms with E-state index in [-0.39, 0.29) is 18.7 Å². The molecular formula is C50H67N3O11. The summed E-state index contributed by atoms with van der Waals surface area (Å²) in [7, 11) is 0. The van der Waals surface area contributed by atoms with Crippen LogP contribution in [0.3, 0.4) is 0 Å². The fourth-order valence-corrected chi connectivity index (χ4v) is 6.41. The van der Waals surface area contributed by atoms with Gasteiger partial charge in [-0.1, -0.05) is 66.7 Å². The number of nitrogens with one attached hydrogen (secondary N) is 1. The lowest BCUT2D eigenvalue weighted by atomic mass is 10.0. The maximum absolute atomic E-state index is 12.4. The Hall–Kier alpha value is -5.54. The first kappa shape index (κ1) is 51.1. The summed E-state index contributed by atoms with van der Waals surface area (Å²) in [4.78, 5) is 45.3. The third kappa shape index (κ3) is 21.2. The number of nitrogens with zero attached hydrogens (tertiary/aromatic N) is 2. The first-order chi connectivity index (χ1) is 31.1. The van der Waals surface area contributed by atoms with E-state index in [1.54, 1.807) is 0 Å². The molecule has 2 amide bonds. The number of rotatable bonds is 34. The van der Waals surface area contributed by atoms with Crippen LogP contribution in [0.25, 0.3) is 22.4 Å². The van der Waals surface area contributed by atoms with Crippen molar-refractivity contribution in [2.75, 3.05) is 72.6 Å². The number of hydroxylamine groups is 2. The molecule has 0 radical (unpaired) electrons. The van der Waals surface area contributed by atoms with Crippen molar-refractivity contribution in [2.24, 2.45) is 0 Å². The average molecular weight is 886 g/mol. The quantitative estimate of drug-likeness (QED) is 0.0262. The van der Waals surface area contributed by atoms with Gasteiger partial charge < -0.3 is 38.8 Å². The maximum atomic E-state index is 12.4. The molecule has 1 aromatic heterocycles. The Kier molecular flexibility index (Phi) is 23.8. The molecule has 0 atom stereocenters. The van der Waals surface area contributed by atoms with Crippen LogP contribution in [0.5, 0.6) is 17.4 Å². The summed E-state index contributed by atoms with van der Waals surface area (Å²) in [5.74, 6) is 0.763. The largest absolute Gasteiger partial charge is 0.493 e. The molecule has 348 valence electrons. The third-order valence-corrected chi connectivity index (χ3v) is 9.47. The van der Waals surface area contributed by atoms with E-state index >= 15 is 0 Å². The minimum absolute atomic E-state index is 0.0626. The molecule has 0 saturated carbocycles. The molecule has 0 aliphatic heterocycles. The number of carbonyl (C=O) groups excluding carboxylic acids is 2. The minimum Gasteiger partial charge on any atom is -0.493 e. The van der Waals surface area contributed by atoms with Crippen molar-refractivity contribution in [3.05, 3.63) is 96.6 Å². The fraction of sp³-hybridized carbons (Fsp3) is 0.480. The van der Waals surface area contributed by atoms with Gasteiger partial charge in [0.25, 0.3) is 0 Å². The number of hydrogen-bond donors (Lipinski definition) is 2. The van der Waals surface area contributed by atoms with Crippen LogP contribution >= 0.6 is 0 Å². The zero-order chi connectivity index (χ0) is 45.7. The summed E-state index contributed by atoms with van der Waals surface area (Å²) in [5, 5.41) is 13.6. The summed E-state index contributed by atoms with van der Waals surface area (Å²) in [6.07, 6.45) is 5.46. The van der Waals surface area contributed by atoms with Crippen LogP contribution in [0.2, 0.25) is 0 Å². The van der Waals surface area contributed by atoms with Gasteiger partial charge in [-0.15, -0.1) is 0 Å². The smallest absolute Gasteiger partial charge is 0.303 e. The first-order valence-electron chi connectivity index (χ1n) is 22.4. The van der Waals surface area contributed by atoms with Gasteiger partial charge in [-0.3, -0.25) is 19.2 Å². The zero-order valence-electron chi connectivity index (χ0n) is 37.8. The lowest BCUT2D eigenvalue weighted by Gasteiger charge is -2.26. The van der Waals surface area contributed by atoms with Crippen LogP contribution in [-0.4, -0.2) is 112 Å². The summed E-state index contributed by atoms with van der Waals surface area (Å²) < 4.78 is 35.0. The highest BCUT2D eigenvalue weighted by Gasteiger charge is 2.16. The minimum atomic E-state index is -0.906. The molecule has 0 unspecified atom stereocenters. The van der Waals surface area contributed by atoms with Gasteiger partial charge in [-0.25, -0.2) is 10.0 Å². The van der Waals surface area contributed by atoms with E-state index in [0.717, 1.165) is 41.6 Å². The van der Waals surface area contributed by atoms with E-state index in [2.05, 4.69) is 23.5 Å². The van der Waals surface area contributed by atoms with E-state index in [4.69, 9.17) is 38.2 Å². The number of hydrogen-bond acceptors (Lipinski definition) is 11. The van der Waals surface area contributed by atoms with Crippen LogP contribution in [0.15, 0.2) is 91.0 Å². The number of ether oxygens (including phenoxy) is 6. The molecule has 4 rings (SSSR count). The molecule has 0 spiro atoms. The molecule has 3 aromatic carbocycles. The first-order valence-corrected chi connectivity index (χ1v) is 22.4. The monoisotopic (exact) mass is 885 g/mol. The van der Waals surface area contributed by atoms with Crippen molar-refractivity contribution in [2.45, 2.75) is 84.2 Å². The van der Waals surface area contributed by atoms with Gasteiger partial charge in [-0.2, -0.15) is 0 Å². The van der Waals surface area contributed by atoms with Gasteiger partial charge in [0.2, 0.25) is 18.2 Å². The summed E-state index contributed by atoms with van der Waals surface area (Å²) in [6, 6.07) is 29.8. The standard InChI is InChI=1S/C50H67N3O11/c1-50(2,3)64-53(39-54)27-16-29-59-34-36-60-35-33-58-28-15-26-51-47(55)23-14-32-62-46-22-13-21-45(43(46)24-25-49(56)57)61-30-11-6-12-31-63-48-38-42(40-17-7-4-8-18-40)37-44(52-48)41-19-9-5-10-20-41/h4-5,7-10,13,17-22,37-39H,6,11-12,14-16,23-36H2,1-3H3,(H,51,55)(H,56,57). The lowest BCUT2D eigenvalue weighted by molar-refractivity contribution is -0.216. The zero-order valence-corrected chi connectivity index (χ0v) is 37.8. The molecule has 0 saturated heterocycles. The third-order valence-electron chi connectivity index (χ3n) is 9.47. The number of carbonyl (C=O) groups is 3. The van der Waals surface area contributed by atoms with Crippen LogP contribution < -0.4 is 19.5 Å². The number of amides is 2. The highest BCUT2D eigenvalue weighted by molar-refractivity contribution is 5.75. The highest BCUT2D eigenvalue weighted by Crippen LogP contribution is 2.31. The van der Waals surface area contributed by atoms with E-state index in [0.29, 0.717) is 128 Å². The molecule has 14 heteroatoms. The average Bonchev–Trinajstić information content (AvgIpc) is 3.29. The predicted molar refractivity (Wildman–Crippen MR) is 245 cm³/mol. The molecule has 0 aliphatic carbocycles. The number of aliphatic carboxylic acids is 1. The lowest BCUT2D eigenvalue weighted by Crippen LogP contribution is -2.34. The Morgan fingerprint density at radius 1 is 0.641 bits per heavy atom. The summed E-state index contributed by atoms with van der Waals surface area (Å²) in [6.45, 7) is 10.7. The van der Waals surface area contributed by atoms with Crippen LogP contribution in [-0.2, 0) is 39.9 Å². The number of carboxylic acid groups (broad SMARTS) is 1. The number of aromatic nitrogens is 1. The van der Waals surface area contributed by atoms with Crippen molar-refractivity contribution in [3.63, 3.8) is 0 Å². The normalized spacial score (nSPS) is 11.2. The second kappa shape index (κ2) is 29.8. The van der Waals surface area contributed by atoms with Gasteiger partial charge >= 0.3 is 5.97 Å². The molecule has 1 heterocycles. The molecule has 0 fully saturated rings. The molecule has 2 N–H and O–H groups in total. The van der Waals surface area contributed by atoms with Gasteiger partial charge in [0, 0.05) is 49.8 Å². The predicted octanol–water partition coefficient (Wildman–Crippen LogP) is 8.35. The number of benzene rings is 3. The Morgan fingerprint density at radius 3 is 1.86 bits per heavy atom. The second-order valence-electron chi connectivity index (χ2n) is 16.0. The Bertz CT molecular complexity index is 1870. The van der Waals surface area contributed by atoms with Gasteiger partial charge in [-0.05, 0) is 95.0 Å². The highest BCUT2D eigenvalue weighted by atomic mass is 16.7. The van der Waals surface area contributed by atoms with E-state index in [1.165, 1.54) is 5.06 Å². The topological polar surface area (TPSA) is 164 Å². The van der Waals surface area contributed by atoms with Crippen molar-refractivity contribution in [1.29, 1.82) is 0 Å². The van der Waals surface area contributed by atoms with Crippen LogP contribution in [0.1, 0.15) is 77.7 Å². The summed E-state index contributed by atoms with van der Waals surface area (Å²) >= 11 is 0. The van der Waals surface area contributed by atoms with E-state index in [1.807, 2.05) is 93.6 Å². The Morgan fingerprint density at radius 2 is 1.23 bits per heavy atom. The molecule has 64 heavy (non-hydrogen) atoms. The molecule has 0 bridgehead atoms. The maximum Gasteiger partial charge on any atom is 0.303 e. The van der Waals surface area contributed by atoms with E-state index < -0.39 is 11.6 Å². The van der Waals surface area contributed by atoms with Crippen molar-refractivity contribution in [3.8, 4) is 39.8 Å². The van der Waals surface area contributed by atoms with Crippen molar-refractivity contribution < 1.29 is 52.7 Å². The molecule has 14 nitrogen and oxygen atoms in total. The van der Waals surface area contributed by atoms with Gasteiger partial charge in [0.15, 0.2) is 0 Å². The Balaban J connectivity index is 1.06. The fourth-order valence-electron chi connectivity index (χ4n) is 6.41. The van der Waals surface area contributed by atoms with E-state index in [9.17, 15) is 19.5 Å². The molecule has 0 aliphatic rings. The Labute approximate surface area is 378 Å². The molecule has 4 aromatic rings. The van der Waals surface area contributed by atoms with Gasteiger partial charge in [0.05, 0.1) is 64.1 Å². The van der Waals surface area contributed by atoms with Crippen LogP contribution in [0, 0.1) is 0 Å². The van der Waals surface area contributed by atoms with Gasteiger partial charge in [0.1, 0.15) is 11.5 Å². The number of carboxylic acids is 1. The van der Waals surface area contributed by atoms with Crippen LogP contribution in [0.4, 0.5) is 0 Å². The van der Waals surface area contributed by atoms with Crippen molar-refractivity contribution in [1.82, 2.24) is 15.4 Å².